The van der Waals surface area contributed by atoms with E-state index in [4.69, 9.17) is 5.26 Å². The van der Waals surface area contributed by atoms with Gasteiger partial charge >= 0.3 is 0 Å². The van der Waals surface area contributed by atoms with E-state index in [1.54, 1.807) is 0 Å². The van der Waals surface area contributed by atoms with E-state index >= 15 is 0 Å². The van der Waals surface area contributed by atoms with E-state index in [9.17, 15) is 0 Å². The Morgan fingerprint density at radius 2 is 1.90 bits per heavy atom. The zero-order valence-electron chi connectivity index (χ0n) is 10.9. The number of hydrogen-bond donors (Lipinski definition) is 2. The van der Waals surface area contributed by atoms with Gasteiger partial charge in [0.15, 0.2) is 0 Å². The fourth-order valence-corrected chi connectivity index (χ4v) is 2.11. The molecule has 3 rings (SSSR count). The van der Waals surface area contributed by atoms with Gasteiger partial charge in [-0.1, -0.05) is 24.3 Å². The maximum atomic E-state index is 8.63. The number of hydrogen-bond acceptors (Lipinski definition) is 3. The van der Waals surface area contributed by atoms with Crippen molar-refractivity contribution in [1.82, 2.24) is 9.97 Å². The summed E-state index contributed by atoms with van der Waals surface area (Å²) >= 11 is 0. The van der Waals surface area contributed by atoms with Gasteiger partial charge in [-0.2, -0.15) is 5.26 Å². The summed E-state index contributed by atoms with van der Waals surface area (Å²) in [7, 11) is 0. The van der Waals surface area contributed by atoms with Crippen LogP contribution in [-0.4, -0.2) is 9.97 Å². The number of anilines is 1. The first-order valence-electron chi connectivity index (χ1n) is 6.48. The average molecular weight is 262 g/mol. The van der Waals surface area contributed by atoms with E-state index < -0.39 is 0 Å². The lowest BCUT2D eigenvalue weighted by atomic mass is 10.1. The molecule has 0 aliphatic carbocycles. The van der Waals surface area contributed by atoms with Gasteiger partial charge < -0.3 is 10.3 Å². The van der Waals surface area contributed by atoms with Crippen LogP contribution in [0.5, 0.6) is 0 Å². The van der Waals surface area contributed by atoms with Gasteiger partial charge in [-0.15, -0.1) is 0 Å². The lowest BCUT2D eigenvalue weighted by molar-refractivity contribution is 1.01. The van der Waals surface area contributed by atoms with E-state index in [1.165, 1.54) is 0 Å². The lowest BCUT2D eigenvalue weighted by Crippen LogP contribution is -2.01. The molecule has 0 fully saturated rings. The van der Waals surface area contributed by atoms with Gasteiger partial charge in [-0.05, 0) is 29.8 Å². The Morgan fingerprint density at radius 1 is 1.10 bits per heavy atom. The predicted octanol–water partition coefficient (Wildman–Crippen LogP) is 3.24. The summed E-state index contributed by atoms with van der Waals surface area (Å²) in [6.07, 6.45) is 0.448. The fraction of sp³-hybridized carbons (Fsp3) is 0.125. The van der Waals surface area contributed by atoms with Crippen molar-refractivity contribution in [2.45, 2.75) is 13.0 Å². The SMILES string of the molecule is N#CCc1ccc(NCc2nc3ccccc3[nH]2)cc1. The number of imidazole rings is 1. The molecule has 3 aromatic rings. The van der Waals surface area contributed by atoms with Crippen LogP contribution >= 0.6 is 0 Å². The average Bonchev–Trinajstić information content (AvgIpc) is 2.90. The Bertz CT molecular complexity index is 717. The number of nitrogens with one attached hydrogen (secondary N) is 2. The van der Waals surface area contributed by atoms with Crippen LogP contribution < -0.4 is 5.32 Å². The van der Waals surface area contributed by atoms with Gasteiger partial charge in [0.2, 0.25) is 0 Å². The van der Waals surface area contributed by atoms with Crippen molar-refractivity contribution in [3.05, 3.63) is 59.9 Å². The first kappa shape index (κ1) is 12.2. The molecule has 0 aliphatic rings. The monoisotopic (exact) mass is 262 g/mol. The smallest absolute Gasteiger partial charge is 0.126 e. The van der Waals surface area contributed by atoms with Crippen molar-refractivity contribution >= 4 is 16.7 Å². The molecule has 0 unspecified atom stereocenters. The third-order valence-corrected chi connectivity index (χ3v) is 3.14. The van der Waals surface area contributed by atoms with E-state index in [0.717, 1.165) is 28.1 Å². The Morgan fingerprint density at radius 3 is 2.65 bits per heavy atom. The van der Waals surface area contributed by atoms with Crippen LogP contribution in [0.25, 0.3) is 11.0 Å². The van der Waals surface area contributed by atoms with E-state index in [-0.39, 0.29) is 0 Å². The quantitative estimate of drug-likeness (QED) is 0.758. The number of benzene rings is 2. The molecule has 0 spiro atoms. The first-order chi connectivity index (χ1) is 9.85. The zero-order chi connectivity index (χ0) is 13.8. The summed E-state index contributed by atoms with van der Waals surface area (Å²) in [5.41, 5.74) is 4.08. The number of nitriles is 1. The number of fused-ring (bicyclic) bond motifs is 1. The highest BCUT2D eigenvalue weighted by atomic mass is 15.0. The van der Waals surface area contributed by atoms with Gasteiger partial charge in [0.05, 0.1) is 30.1 Å². The maximum absolute atomic E-state index is 8.63. The second-order valence-electron chi connectivity index (χ2n) is 4.59. The van der Waals surface area contributed by atoms with Crippen molar-refractivity contribution in [2.24, 2.45) is 0 Å². The van der Waals surface area contributed by atoms with Gasteiger partial charge in [-0.25, -0.2) is 4.98 Å². The minimum Gasteiger partial charge on any atom is -0.378 e. The van der Waals surface area contributed by atoms with Crippen molar-refractivity contribution < 1.29 is 0 Å². The summed E-state index contributed by atoms with van der Waals surface area (Å²) in [4.78, 5) is 7.79. The minimum absolute atomic E-state index is 0.448. The number of nitrogens with zero attached hydrogens (tertiary/aromatic N) is 2. The molecule has 0 radical (unpaired) electrons. The Balaban J connectivity index is 1.68. The van der Waals surface area contributed by atoms with Gasteiger partial charge in [0.1, 0.15) is 5.82 Å². The molecule has 20 heavy (non-hydrogen) atoms. The lowest BCUT2D eigenvalue weighted by Gasteiger charge is -2.04. The van der Waals surface area contributed by atoms with Crippen molar-refractivity contribution in [3.8, 4) is 6.07 Å². The maximum Gasteiger partial charge on any atom is 0.126 e. The number of aromatic nitrogens is 2. The van der Waals surface area contributed by atoms with Crippen LogP contribution in [0.4, 0.5) is 5.69 Å². The number of para-hydroxylation sites is 2. The fourth-order valence-electron chi connectivity index (χ4n) is 2.11. The minimum atomic E-state index is 0.448. The topological polar surface area (TPSA) is 64.5 Å². The second kappa shape index (κ2) is 5.45. The molecule has 0 saturated carbocycles. The highest BCUT2D eigenvalue weighted by Crippen LogP contribution is 2.13. The van der Waals surface area contributed by atoms with Crippen LogP contribution in [0, 0.1) is 11.3 Å². The second-order valence-corrected chi connectivity index (χ2v) is 4.59. The molecular weight excluding hydrogens is 248 g/mol. The molecule has 2 aromatic carbocycles. The summed E-state index contributed by atoms with van der Waals surface area (Å²) < 4.78 is 0. The van der Waals surface area contributed by atoms with Gasteiger partial charge in [0.25, 0.3) is 0 Å². The van der Waals surface area contributed by atoms with Crippen LogP contribution in [0.1, 0.15) is 11.4 Å². The highest BCUT2D eigenvalue weighted by Gasteiger charge is 2.01. The summed E-state index contributed by atoms with van der Waals surface area (Å²) in [6, 6.07) is 18.0. The van der Waals surface area contributed by atoms with Crippen LogP contribution in [0.3, 0.4) is 0 Å². The predicted molar refractivity (Wildman–Crippen MR) is 79.2 cm³/mol. The van der Waals surface area contributed by atoms with E-state index in [0.29, 0.717) is 13.0 Å². The molecular formula is C16H14N4. The molecule has 4 heteroatoms. The standard InChI is InChI=1S/C16H14N4/c17-10-9-12-5-7-13(8-6-12)18-11-16-19-14-3-1-2-4-15(14)20-16/h1-8,18H,9,11H2,(H,19,20). The molecule has 0 aliphatic heterocycles. The molecule has 98 valence electrons. The Kier molecular flexibility index (Phi) is 3.34. The normalized spacial score (nSPS) is 10.3. The molecule has 1 aromatic heterocycles. The van der Waals surface area contributed by atoms with Gasteiger partial charge in [-0.3, -0.25) is 0 Å². The van der Waals surface area contributed by atoms with E-state index in [2.05, 4.69) is 21.4 Å². The number of rotatable bonds is 4. The van der Waals surface area contributed by atoms with Crippen molar-refractivity contribution in [2.75, 3.05) is 5.32 Å². The molecule has 2 N–H and O–H groups in total. The first-order valence-corrected chi connectivity index (χ1v) is 6.48. The van der Waals surface area contributed by atoms with Crippen LogP contribution in [0.15, 0.2) is 48.5 Å². The van der Waals surface area contributed by atoms with Crippen LogP contribution in [-0.2, 0) is 13.0 Å². The third-order valence-electron chi connectivity index (χ3n) is 3.14. The zero-order valence-corrected chi connectivity index (χ0v) is 10.9. The molecule has 0 saturated heterocycles. The number of H-pyrrole nitrogens is 1. The molecule has 4 nitrogen and oxygen atoms in total. The summed E-state index contributed by atoms with van der Waals surface area (Å²) in [5, 5.41) is 11.9. The molecule has 0 amide bonds. The Labute approximate surface area is 117 Å². The largest absolute Gasteiger partial charge is 0.378 e. The summed E-state index contributed by atoms with van der Waals surface area (Å²) in [6.45, 7) is 0.645. The van der Waals surface area contributed by atoms with E-state index in [1.807, 2.05) is 48.5 Å². The third kappa shape index (κ3) is 2.62. The van der Waals surface area contributed by atoms with Crippen molar-refractivity contribution in [3.63, 3.8) is 0 Å². The molecule has 1 heterocycles. The molecule has 0 atom stereocenters. The molecule has 0 bridgehead atoms. The Hall–Kier alpha value is -2.80. The van der Waals surface area contributed by atoms with Crippen LogP contribution in [0.2, 0.25) is 0 Å². The number of aromatic amines is 1. The van der Waals surface area contributed by atoms with Crippen molar-refractivity contribution in [1.29, 1.82) is 5.26 Å². The highest BCUT2D eigenvalue weighted by molar-refractivity contribution is 5.74. The summed E-state index contributed by atoms with van der Waals surface area (Å²) in [5.74, 6) is 0.910. The van der Waals surface area contributed by atoms with Gasteiger partial charge in [0, 0.05) is 5.69 Å².